The molecule has 2 fully saturated rings. The Morgan fingerprint density at radius 2 is 1.80 bits per heavy atom. The van der Waals surface area contributed by atoms with Crippen molar-refractivity contribution in [2.45, 2.75) is 38.1 Å². The lowest BCUT2D eigenvalue weighted by Gasteiger charge is -2.42. The summed E-state index contributed by atoms with van der Waals surface area (Å²) in [4.78, 5) is 15.6. The summed E-state index contributed by atoms with van der Waals surface area (Å²) in [5, 5.41) is 0. The standard InChI is InChI=1S/C17H23NO2/c1-14-6-2-3-7-15(14)16(19)17(8-4-5-9-17)18-10-12-20-13-11-18/h2-3,6-7H,4-5,8-13H2,1H3. The zero-order valence-electron chi connectivity index (χ0n) is 12.2. The van der Waals surface area contributed by atoms with Gasteiger partial charge < -0.3 is 4.74 Å². The van der Waals surface area contributed by atoms with Gasteiger partial charge in [0.15, 0.2) is 5.78 Å². The molecule has 20 heavy (non-hydrogen) atoms. The minimum atomic E-state index is -0.268. The van der Waals surface area contributed by atoms with Crippen LogP contribution < -0.4 is 0 Å². The van der Waals surface area contributed by atoms with Crippen molar-refractivity contribution in [3.8, 4) is 0 Å². The molecular weight excluding hydrogens is 250 g/mol. The lowest BCUT2D eigenvalue weighted by molar-refractivity contribution is -0.0130. The van der Waals surface area contributed by atoms with Gasteiger partial charge in [-0.05, 0) is 25.3 Å². The Bertz CT molecular complexity index is 486. The van der Waals surface area contributed by atoms with E-state index in [9.17, 15) is 4.79 Å². The highest BCUT2D eigenvalue weighted by Crippen LogP contribution is 2.39. The van der Waals surface area contributed by atoms with E-state index in [4.69, 9.17) is 4.74 Å². The molecule has 1 saturated carbocycles. The molecular formula is C17H23NO2. The van der Waals surface area contributed by atoms with Gasteiger partial charge in [0.05, 0.1) is 18.8 Å². The monoisotopic (exact) mass is 273 g/mol. The maximum absolute atomic E-state index is 13.2. The molecule has 0 radical (unpaired) electrons. The minimum Gasteiger partial charge on any atom is -0.379 e. The summed E-state index contributed by atoms with van der Waals surface area (Å²) in [6.45, 7) is 5.32. The molecule has 1 saturated heterocycles. The number of carbonyl (C=O) groups is 1. The Balaban J connectivity index is 1.94. The molecule has 1 aromatic rings. The molecule has 0 bridgehead atoms. The van der Waals surface area contributed by atoms with Crippen molar-refractivity contribution in [3.63, 3.8) is 0 Å². The number of hydrogen-bond donors (Lipinski definition) is 0. The van der Waals surface area contributed by atoms with Crippen LogP contribution in [0.25, 0.3) is 0 Å². The number of carbonyl (C=O) groups excluding carboxylic acids is 1. The van der Waals surface area contributed by atoms with Crippen molar-refractivity contribution in [3.05, 3.63) is 35.4 Å². The third kappa shape index (κ3) is 2.29. The summed E-state index contributed by atoms with van der Waals surface area (Å²) >= 11 is 0. The van der Waals surface area contributed by atoms with Gasteiger partial charge in [-0.3, -0.25) is 9.69 Å². The van der Waals surface area contributed by atoms with Gasteiger partial charge >= 0.3 is 0 Å². The Morgan fingerprint density at radius 1 is 1.15 bits per heavy atom. The lowest BCUT2D eigenvalue weighted by Crippen LogP contribution is -2.56. The molecule has 2 aliphatic rings. The predicted molar refractivity (Wildman–Crippen MR) is 79.1 cm³/mol. The second kappa shape index (κ2) is 5.66. The van der Waals surface area contributed by atoms with E-state index in [-0.39, 0.29) is 5.54 Å². The van der Waals surface area contributed by atoms with Crippen molar-refractivity contribution in [1.82, 2.24) is 4.90 Å². The minimum absolute atomic E-state index is 0.268. The van der Waals surface area contributed by atoms with Gasteiger partial charge in [-0.15, -0.1) is 0 Å². The highest BCUT2D eigenvalue weighted by molar-refractivity contribution is 6.04. The average Bonchev–Trinajstić information content (AvgIpc) is 2.99. The van der Waals surface area contributed by atoms with Crippen LogP contribution in [0.2, 0.25) is 0 Å². The Hall–Kier alpha value is -1.19. The van der Waals surface area contributed by atoms with Crippen molar-refractivity contribution in [2.75, 3.05) is 26.3 Å². The van der Waals surface area contributed by atoms with Crippen LogP contribution in [0.1, 0.15) is 41.6 Å². The van der Waals surface area contributed by atoms with Crippen LogP contribution in [-0.2, 0) is 4.74 Å². The number of ether oxygens (including phenoxy) is 1. The molecule has 108 valence electrons. The number of morpholine rings is 1. The zero-order valence-corrected chi connectivity index (χ0v) is 12.2. The number of aryl methyl sites for hydroxylation is 1. The van der Waals surface area contributed by atoms with Gasteiger partial charge in [-0.2, -0.15) is 0 Å². The van der Waals surface area contributed by atoms with Crippen LogP contribution in [-0.4, -0.2) is 42.5 Å². The van der Waals surface area contributed by atoms with Gasteiger partial charge in [0, 0.05) is 18.7 Å². The van der Waals surface area contributed by atoms with Crippen LogP contribution in [0, 0.1) is 6.92 Å². The first-order chi connectivity index (χ1) is 9.74. The molecule has 3 rings (SSSR count). The topological polar surface area (TPSA) is 29.5 Å². The second-order valence-corrected chi connectivity index (χ2v) is 5.98. The molecule has 0 aromatic heterocycles. The first kappa shape index (κ1) is 13.8. The molecule has 1 aliphatic heterocycles. The van der Waals surface area contributed by atoms with Gasteiger partial charge in [0.25, 0.3) is 0 Å². The molecule has 0 atom stereocenters. The largest absolute Gasteiger partial charge is 0.379 e. The molecule has 0 amide bonds. The molecule has 0 N–H and O–H groups in total. The van der Waals surface area contributed by atoms with E-state index in [1.54, 1.807) is 0 Å². The third-order valence-corrected chi connectivity index (χ3v) is 4.86. The maximum atomic E-state index is 13.2. The lowest BCUT2D eigenvalue weighted by atomic mass is 9.84. The predicted octanol–water partition coefficient (Wildman–Crippen LogP) is 2.82. The molecule has 3 nitrogen and oxygen atoms in total. The van der Waals surface area contributed by atoms with Gasteiger partial charge in [-0.1, -0.05) is 37.1 Å². The number of Topliss-reactive ketones (excluding diaryl/α,β-unsaturated/α-hetero) is 1. The second-order valence-electron chi connectivity index (χ2n) is 5.98. The number of rotatable bonds is 3. The van der Waals surface area contributed by atoms with E-state index in [0.717, 1.165) is 63.1 Å². The summed E-state index contributed by atoms with van der Waals surface area (Å²) in [5.74, 6) is 0.329. The zero-order chi connectivity index (χ0) is 14.0. The van der Waals surface area contributed by atoms with Crippen molar-refractivity contribution < 1.29 is 9.53 Å². The van der Waals surface area contributed by atoms with E-state index in [1.807, 2.05) is 31.2 Å². The van der Waals surface area contributed by atoms with E-state index in [2.05, 4.69) is 4.90 Å². The highest BCUT2D eigenvalue weighted by atomic mass is 16.5. The number of ketones is 1. The first-order valence-electron chi connectivity index (χ1n) is 7.67. The van der Waals surface area contributed by atoms with Gasteiger partial charge in [0.1, 0.15) is 0 Å². The Kier molecular flexibility index (Phi) is 3.90. The Morgan fingerprint density at radius 3 is 2.45 bits per heavy atom. The molecule has 1 aromatic carbocycles. The SMILES string of the molecule is Cc1ccccc1C(=O)C1(N2CCOCC2)CCCC1. The molecule has 1 heterocycles. The molecule has 3 heteroatoms. The first-order valence-corrected chi connectivity index (χ1v) is 7.67. The van der Waals surface area contributed by atoms with Crippen LogP contribution in [0.4, 0.5) is 0 Å². The number of hydrogen-bond acceptors (Lipinski definition) is 3. The summed E-state index contributed by atoms with van der Waals surface area (Å²) in [7, 11) is 0. The van der Waals surface area contributed by atoms with Crippen LogP contribution in [0.5, 0.6) is 0 Å². The van der Waals surface area contributed by atoms with Gasteiger partial charge in [0.2, 0.25) is 0 Å². The van der Waals surface area contributed by atoms with Crippen LogP contribution in [0.3, 0.4) is 0 Å². The average molecular weight is 273 g/mol. The molecule has 0 spiro atoms. The van der Waals surface area contributed by atoms with Crippen molar-refractivity contribution in [1.29, 1.82) is 0 Å². The number of nitrogens with zero attached hydrogens (tertiary/aromatic N) is 1. The summed E-state index contributed by atoms with van der Waals surface area (Å²) in [6, 6.07) is 8.00. The quantitative estimate of drug-likeness (QED) is 0.793. The fourth-order valence-electron chi connectivity index (χ4n) is 3.72. The van der Waals surface area contributed by atoms with Crippen molar-refractivity contribution >= 4 is 5.78 Å². The summed E-state index contributed by atoms with van der Waals surface area (Å²) < 4.78 is 5.46. The van der Waals surface area contributed by atoms with E-state index in [0.29, 0.717) is 5.78 Å². The maximum Gasteiger partial charge on any atom is 0.183 e. The number of benzene rings is 1. The third-order valence-electron chi connectivity index (χ3n) is 4.86. The van der Waals surface area contributed by atoms with Gasteiger partial charge in [-0.25, -0.2) is 0 Å². The summed E-state index contributed by atoms with van der Waals surface area (Å²) in [5.41, 5.74) is 1.73. The molecule has 1 aliphatic carbocycles. The van der Waals surface area contributed by atoms with E-state index >= 15 is 0 Å². The fourth-order valence-corrected chi connectivity index (χ4v) is 3.72. The normalized spacial score (nSPS) is 22.9. The molecule has 0 unspecified atom stereocenters. The van der Waals surface area contributed by atoms with Crippen molar-refractivity contribution in [2.24, 2.45) is 0 Å². The van der Waals surface area contributed by atoms with E-state index in [1.165, 1.54) is 0 Å². The Labute approximate surface area is 120 Å². The highest BCUT2D eigenvalue weighted by Gasteiger charge is 2.46. The smallest absolute Gasteiger partial charge is 0.183 e. The fraction of sp³-hybridized carbons (Fsp3) is 0.588. The van der Waals surface area contributed by atoms with Crippen LogP contribution in [0.15, 0.2) is 24.3 Å². The summed E-state index contributed by atoms with van der Waals surface area (Å²) in [6.07, 6.45) is 4.32. The van der Waals surface area contributed by atoms with Crippen LogP contribution >= 0.6 is 0 Å². The van der Waals surface area contributed by atoms with E-state index < -0.39 is 0 Å².